The van der Waals surface area contributed by atoms with Gasteiger partial charge >= 0.3 is 5.97 Å². The summed E-state index contributed by atoms with van der Waals surface area (Å²) in [6.07, 6.45) is 0.657. The number of rotatable bonds is 7. The number of carbonyl (C=O) groups is 1. The highest BCUT2D eigenvalue weighted by atomic mass is 35.5. The summed E-state index contributed by atoms with van der Waals surface area (Å²) in [4.78, 5) is 14.1. The van der Waals surface area contributed by atoms with Crippen molar-refractivity contribution >= 4 is 28.9 Å². The lowest BCUT2D eigenvalue weighted by atomic mass is 9.82. The van der Waals surface area contributed by atoms with Crippen LogP contribution in [0, 0.1) is 0 Å². The second kappa shape index (κ2) is 8.28. The predicted molar refractivity (Wildman–Crippen MR) is 117 cm³/mol. The van der Waals surface area contributed by atoms with E-state index in [4.69, 9.17) is 21.4 Å². The van der Waals surface area contributed by atoms with Gasteiger partial charge in [0.25, 0.3) is 0 Å². The van der Waals surface area contributed by atoms with Crippen LogP contribution in [-0.4, -0.2) is 36.1 Å². The largest absolute Gasteiger partial charge is 0.480 e. The Balaban J connectivity index is 1.71. The maximum absolute atomic E-state index is 11.1. The number of likely N-dealkylation sites (N-methyl/N-ethyl adjacent to an activating group) is 1. The zero-order valence-electron chi connectivity index (χ0n) is 16.1. The van der Waals surface area contributed by atoms with Gasteiger partial charge in [-0.2, -0.15) is 0 Å². The van der Waals surface area contributed by atoms with Gasteiger partial charge in [0, 0.05) is 16.4 Å². The highest BCUT2D eigenvalue weighted by Gasteiger charge is 2.41. The molecule has 0 radical (unpaired) electrons. The van der Waals surface area contributed by atoms with Crippen molar-refractivity contribution in [2.75, 3.05) is 20.1 Å². The van der Waals surface area contributed by atoms with E-state index in [1.165, 1.54) is 16.0 Å². The van der Waals surface area contributed by atoms with Crippen LogP contribution in [0.3, 0.4) is 0 Å². The second-order valence-electron chi connectivity index (χ2n) is 7.35. The molecule has 3 aromatic rings. The standard InChI is InChI=1S/C23H22ClNO3S/c1-25(14-22(26)27)11-10-23(18-5-7-19(24)8-6-18)20-9-4-16(13-17(20)15-28-23)21-3-2-12-29-21/h2-9,12-13H,10-11,14-15H2,1H3,(H,26,27). The second-order valence-corrected chi connectivity index (χ2v) is 8.74. The number of carboxylic acids is 1. The number of thiophene rings is 1. The Morgan fingerprint density at radius 1 is 1.24 bits per heavy atom. The third-order valence-corrected chi connectivity index (χ3v) is 6.55. The minimum Gasteiger partial charge on any atom is -0.480 e. The van der Waals surface area contributed by atoms with E-state index < -0.39 is 11.6 Å². The molecule has 4 rings (SSSR count). The van der Waals surface area contributed by atoms with E-state index in [1.54, 1.807) is 16.2 Å². The molecule has 0 aliphatic carbocycles. The van der Waals surface area contributed by atoms with E-state index in [-0.39, 0.29) is 6.54 Å². The first-order valence-electron chi connectivity index (χ1n) is 9.45. The molecule has 0 saturated carbocycles. The first kappa shape index (κ1) is 20.1. The number of benzene rings is 2. The van der Waals surface area contributed by atoms with Gasteiger partial charge in [0.15, 0.2) is 0 Å². The molecule has 0 saturated heterocycles. The molecule has 0 fully saturated rings. The van der Waals surface area contributed by atoms with Crippen LogP contribution in [0.15, 0.2) is 60.0 Å². The molecule has 0 bridgehead atoms. The number of hydrogen-bond donors (Lipinski definition) is 1. The van der Waals surface area contributed by atoms with Crippen molar-refractivity contribution in [2.45, 2.75) is 18.6 Å². The zero-order chi connectivity index (χ0) is 20.4. The van der Waals surface area contributed by atoms with Gasteiger partial charge in [-0.05, 0) is 65.4 Å². The Morgan fingerprint density at radius 2 is 2.03 bits per heavy atom. The molecule has 0 spiro atoms. The van der Waals surface area contributed by atoms with Gasteiger partial charge in [-0.15, -0.1) is 11.3 Å². The van der Waals surface area contributed by atoms with E-state index >= 15 is 0 Å². The molecule has 0 amide bonds. The zero-order valence-corrected chi connectivity index (χ0v) is 17.7. The first-order chi connectivity index (χ1) is 14.0. The van der Waals surface area contributed by atoms with Crippen molar-refractivity contribution < 1.29 is 14.6 Å². The third kappa shape index (κ3) is 4.09. The summed E-state index contributed by atoms with van der Waals surface area (Å²) in [6.45, 7) is 1.13. The van der Waals surface area contributed by atoms with Crippen LogP contribution in [0.4, 0.5) is 0 Å². The first-order valence-corrected chi connectivity index (χ1v) is 10.7. The highest BCUT2D eigenvalue weighted by molar-refractivity contribution is 7.13. The Kier molecular flexibility index (Phi) is 5.74. The summed E-state index contributed by atoms with van der Waals surface area (Å²) in [5.74, 6) is -0.832. The predicted octanol–water partition coefficient (Wildman–Crippen LogP) is 5.25. The fourth-order valence-corrected chi connectivity index (χ4v) is 4.80. The molecular formula is C23H22ClNO3S. The minimum atomic E-state index is -0.832. The van der Waals surface area contributed by atoms with Gasteiger partial charge < -0.3 is 9.84 Å². The third-order valence-electron chi connectivity index (χ3n) is 5.38. The lowest BCUT2D eigenvalue weighted by Gasteiger charge is -2.32. The van der Waals surface area contributed by atoms with Crippen molar-refractivity contribution in [2.24, 2.45) is 0 Å². The molecule has 1 aliphatic rings. The molecule has 1 aromatic heterocycles. The molecule has 2 heterocycles. The number of fused-ring (bicyclic) bond motifs is 1. The van der Waals surface area contributed by atoms with Gasteiger partial charge in [-0.3, -0.25) is 9.69 Å². The SMILES string of the molecule is CN(CCC1(c2ccc(Cl)cc2)OCc2cc(-c3cccs3)ccc21)CC(=O)O. The molecule has 1 N–H and O–H groups in total. The summed E-state index contributed by atoms with van der Waals surface area (Å²) < 4.78 is 6.45. The molecule has 6 heteroatoms. The van der Waals surface area contributed by atoms with E-state index in [2.05, 4.69) is 35.7 Å². The molecular weight excluding hydrogens is 406 g/mol. The van der Waals surface area contributed by atoms with Crippen molar-refractivity contribution in [3.8, 4) is 10.4 Å². The maximum Gasteiger partial charge on any atom is 0.317 e. The lowest BCUT2D eigenvalue weighted by Crippen LogP contribution is -2.34. The van der Waals surface area contributed by atoms with Crippen molar-refractivity contribution in [3.05, 3.63) is 81.7 Å². The number of hydrogen-bond acceptors (Lipinski definition) is 4. The van der Waals surface area contributed by atoms with Gasteiger partial charge in [-0.1, -0.05) is 41.9 Å². The van der Waals surface area contributed by atoms with Gasteiger partial charge in [0.2, 0.25) is 0 Å². The van der Waals surface area contributed by atoms with Crippen LogP contribution < -0.4 is 0 Å². The number of halogens is 1. The van der Waals surface area contributed by atoms with Gasteiger partial charge in [0.1, 0.15) is 5.60 Å². The molecule has 150 valence electrons. The Bertz CT molecular complexity index is 1000. The summed E-state index contributed by atoms with van der Waals surface area (Å²) in [5, 5.41) is 11.8. The molecule has 2 aromatic carbocycles. The van der Waals surface area contributed by atoms with Gasteiger partial charge in [0.05, 0.1) is 13.2 Å². The Hall–Kier alpha value is -2.18. The van der Waals surface area contributed by atoms with E-state index in [1.807, 2.05) is 31.3 Å². The van der Waals surface area contributed by atoms with E-state index in [9.17, 15) is 4.79 Å². The van der Waals surface area contributed by atoms with Crippen LogP contribution in [0.1, 0.15) is 23.1 Å². The fourth-order valence-electron chi connectivity index (χ4n) is 3.95. The maximum atomic E-state index is 11.1. The smallest absolute Gasteiger partial charge is 0.317 e. The van der Waals surface area contributed by atoms with Gasteiger partial charge in [-0.25, -0.2) is 0 Å². The lowest BCUT2D eigenvalue weighted by molar-refractivity contribution is -0.138. The van der Waals surface area contributed by atoms with Crippen LogP contribution in [-0.2, 0) is 21.7 Å². The topological polar surface area (TPSA) is 49.8 Å². The Morgan fingerprint density at radius 3 is 2.72 bits per heavy atom. The summed E-state index contributed by atoms with van der Waals surface area (Å²) in [7, 11) is 1.82. The van der Waals surface area contributed by atoms with Crippen molar-refractivity contribution in [3.63, 3.8) is 0 Å². The summed E-state index contributed by atoms with van der Waals surface area (Å²) >= 11 is 7.83. The monoisotopic (exact) mass is 427 g/mol. The number of nitrogens with zero attached hydrogens (tertiary/aromatic N) is 1. The highest BCUT2D eigenvalue weighted by Crippen LogP contribution is 2.46. The number of aliphatic carboxylic acids is 1. The number of ether oxygens (including phenoxy) is 1. The fraction of sp³-hybridized carbons (Fsp3) is 0.261. The molecule has 1 atom stereocenters. The molecule has 4 nitrogen and oxygen atoms in total. The van der Waals surface area contributed by atoms with Crippen LogP contribution in [0.2, 0.25) is 5.02 Å². The van der Waals surface area contributed by atoms with Crippen molar-refractivity contribution in [1.29, 1.82) is 0 Å². The summed E-state index contributed by atoms with van der Waals surface area (Å²) in [5.41, 5.74) is 3.93. The number of carboxylic acid groups (broad SMARTS) is 1. The van der Waals surface area contributed by atoms with Crippen molar-refractivity contribution in [1.82, 2.24) is 4.90 Å². The molecule has 1 aliphatic heterocycles. The Labute approximate surface area is 179 Å². The van der Waals surface area contributed by atoms with Crippen LogP contribution in [0.5, 0.6) is 0 Å². The quantitative estimate of drug-likeness (QED) is 0.559. The van der Waals surface area contributed by atoms with Crippen LogP contribution in [0.25, 0.3) is 10.4 Å². The van der Waals surface area contributed by atoms with E-state index in [0.717, 1.165) is 11.1 Å². The van der Waals surface area contributed by atoms with E-state index in [0.29, 0.717) is 24.6 Å². The average molecular weight is 428 g/mol. The minimum absolute atomic E-state index is 0.000864. The average Bonchev–Trinajstić information content (AvgIpc) is 3.35. The van der Waals surface area contributed by atoms with Crippen LogP contribution >= 0.6 is 22.9 Å². The molecule has 1 unspecified atom stereocenters. The summed E-state index contributed by atoms with van der Waals surface area (Å²) in [6, 6.07) is 18.4. The molecule has 29 heavy (non-hydrogen) atoms. The normalized spacial score (nSPS) is 18.2.